The molecule has 0 amide bonds. The molecule has 0 saturated heterocycles. The number of rotatable bonds is 2. The Morgan fingerprint density at radius 2 is 1.70 bits per heavy atom. The molecule has 4 nitrogen and oxygen atoms in total. The Kier molecular flexibility index (Phi) is 2.71. The van der Waals surface area contributed by atoms with Gasteiger partial charge in [0.05, 0.1) is 5.56 Å². The maximum absolute atomic E-state index is 12.5. The van der Waals surface area contributed by atoms with E-state index in [2.05, 4.69) is 0 Å². The van der Waals surface area contributed by atoms with Gasteiger partial charge in [0.15, 0.2) is 17.3 Å². The topological polar surface area (TPSA) is 70.7 Å². The fourth-order valence-electron chi connectivity index (χ4n) is 2.26. The number of hydrogen-bond donors (Lipinski definition) is 2. The Morgan fingerprint density at radius 3 is 2.40 bits per heavy atom. The van der Waals surface area contributed by atoms with Crippen molar-refractivity contribution in [2.24, 2.45) is 0 Å². The molecule has 3 rings (SSSR count). The van der Waals surface area contributed by atoms with Crippen LogP contribution in [0.25, 0.3) is 11.0 Å². The summed E-state index contributed by atoms with van der Waals surface area (Å²) in [6.45, 7) is 1.68. The number of carbonyl (C=O) groups excluding carboxylic acids is 1. The minimum absolute atomic E-state index is 0.174. The minimum Gasteiger partial charge on any atom is -0.504 e. The summed E-state index contributed by atoms with van der Waals surface area (Å²) in [5.74, 6) is -0.267. The molecule has 0 aliphatic carbocycles. The van der Waals surface area contributed by atoms with Crippen LogP contribution in [0.3, 0.4) is 0 Å². The van der Waals surface area contributed by atoms with Crippen LogP contribution in [-0.2, 0) is 0 Å². The third-order valence-electron chi connectivity index (χ3n) is 3.22. The average Bonchev–Trinajstić information content (AvgIpc) is 2.75. The molecule has 20 heavy (non-hydrogen) atoms. The standard InChI is InChI=1S/C16H12O4/c1-9-15(16(19)10-5-3-2-4-6-10)11-7-12(17)13(18)8-14(11)20-9/h2-8,17-18H,1H3. The quantitative estimate of drug-likeness (QED) is 0.552. The van der Waals surface area contributed by atoms with E-state index in [0.717, 1.165) is 0 Å². The molecule has 0 saturated carbocycles. The van der Waals surface area contributed by atoms with E-state index in [1.807, 2.05) is 6.07 Å². The predicted octanol–water partition coefficient (Wildman–Crippen LogP) is 3.38. The summed E-state index contributed by atoms with van der Waals surface area (Å²) in [5, 5.41) is 19.6. The zero-order chi connectivity index (χ0) is 14.3. The van der Waals surface area contributed by atoms with E-state index in [0.29, 0.717) is 27.9 Å². The maximum Gasteiger partial charge on any atom is 0.197 e. The molecule has 0 radical (unpaired) electrons. The summed E-state index contributed by atoms with van der Waals surface area (Å²) in [6, 6.07) is 11.5. The van der Waals surface area contributed by atoms with Crippen LogP contribution in [-0.4, -0.2) is 16.0 Å². The monoisotopic (exact) mass is 268 g/mol. The number of phenolic OH excluding ortho intramolecular Hbond substituents is 2. The Labute approximate surface area is 114 Å². The smallest absolute Gasteiger partial charge is 0.197 e. The van der Waals surface area contributed by atoms with Crippen LogP contribution in [0.2, 0.25) is 0 Å². The molecule has 0 fully saturated rings. The van der Waals surface area contributed by atoms with Gasteiger partial charge in [0, 0.05) is 17.0 Å². The number of aryl methyl sites for hydroxylation is 1. The largest absolute Gasteiger partial charge is 0.504 e. The van der Waals surface area contributed by atoms with Gasteiger partial charge >= 0.3 is 0 Å². The molecule has 0 spiro atoms. The SMILES string of the molecule is Cc1oc2cc(O)c(O)cc2c1C(=O)c1ccccc1. The van der Waals surface area contributed by atoms with Gasteiger partial charge in [-0.2, -0.15) is 0 Å². The minimum atomic E-state index is -0.277. The average molecular weight is 268 g/mol. The van der Waals surface area contributed by atoms with Gasteiger partial charge in [0.25, 0.3) is 0 Å². The van der Waals surface area contributed by atoms with E-state index in [-0.39, 0.29) is 17.3 Å². The lowest BCUT2D eigenvalue weighted by Crippen LogP contribution is -2.01. The Balaban J connectivity index is 2.24. The number of ketones is 1. The first-order valence-electron chi connectivity index (χ1n) is 6.12. The van der Waals surface area contributed by atoms with Gasteiger partial charge in [-0.25, -0.2) is 0 Å². The highest BCUT2D eigenvalue weighted by Crippen LogP contribution is 2.35. The van der Waals surface area contributed by atoms with E-state index in [9.17, 15) is 15.0 Å². The van der Waals surface area contributed by atoms with Crippen LogP contribution >= 0.6 is 0 Å². The second kappa shape index (κ2) is 4.42. The number of phenols is 2. The van der Waals surface area contributed by atoms with Crippen molar-refractivity contribution in [3.8, 4) is 11.5 Å². The Hall–Kier alpha value is -2.75. The summed E-state index contributed by atoms with van der Waals surface area (Å²) >= 11 is 0. The van der Waals surface area contributed by atoms with Gasteiger partial charge < -0.3 is 14.6 Å². The Morgan fingerprint density at radius 1 is 1.05 bits per heavy atom. The summed E-state index contributed by atoms with van der Waals surface area (Å²) < 4.78 is 5.49. The van der Waals surface area contributed by atoms with Crippen molar-refractivity contribution in [3.05, 3.63) is 59.4 Å². The molecule has 100 valence electrons. The summed E-state index contributed by atoms with van der Waals surface area (Å²) in [7, 11) is 0. The van der Waals surface area contributed by atoms with Crippen LogP contribution in [0.4, 0.5) is 0 Å². The van der Waals surface area contributed by atoms with Gasteiger partial charge in [-0.1, -0.05) is 30.3 Å². The molecular formula is C16H12O4. The van der Waals surface area contributed by atoms with Crippen LogP contribution in [0, 0.1) is 6.92 Å². The van der Waals surface area contributed by atoms with Crippen LogP contribution < -0.4 is 0 Å². The molecule has 0 aliphatic rings. The fraction of sp³-hybridized carbons (Fsp3) is 0.0625. The van der Waals surface area contributed by atoms with Crippen molar-refractivity contribution in [2.45, 2.75) is 6.92 Å². The van der Waals surface area contributed by atoms with Gasteiger partial charge in [0.1, 0.15) is 11.3 Å². The summed E-state index contributed by atoms with van der Waals surface area (Å²) in [5.41, 5.74) is 1.32. The molecule has 1 heterocycles. The van der Waals surface area contributed by atoms with E-state index in [1.54, 1.807) is 31.2 Å². The number of fused-ring (bicyclic) bond motifs is 1. The molecule has 2 N–H and O–H groups in total. The lowest BCUT2D eigenvalue weighted by Gasteiger charge is -2.01. The number of aromatic hydroxyl groups is 2. The second-order valence-corrected chi connectivity index (χ2v) is 4.57. The zero-order valence-corrected chi connectivity index (χ0v) is 10.8. The molecular weight excluding hydrogens is 256 g/mol. The van der Waals surface area contributed by atoms with Gasteiger partial charge in [-0.3, -0.25) is 4.79 Å². The van der Waals surface area contributed by atoms with Crippen molar-refractivity contribution in [3.63, 3.8) is 0 Å². The van der Waals surface area contributed by atoms with E-state index >= 15 is 0 Å². The number of benzene rings is 2. The van der Waals surface area contributed by atoms with Crippen molar-refractivity contribution < 1.29 is 19.4 Å². The molecule has 2 aromatic carbocycles. The molecule has 0 bridgehead atoms. The third-order valence-corrected chi connectivity index (χ3v) is 3.22. The highest BCUT2D eigenvalue weighted by atomic mass is 16.3. The highest BCUT2D eigenvalue weighted by Gasteiger charge is 2.20. The molecule has 0 unspecified atom stereocenters. The lowest BCUT2D eigenvalue weighted by molar-refractivity contribution is 0.103. The molecule has 0 aliphatic heterocycles. The van der Waals surface area contributed by atoms with Crippen molar-refractivity contribution in [1.82, 2.24) is 0 Å². The predicted molar refractivity (Wildman–Crippen MR) is 74.2 cm³/mol. The lowest BCUT2D eigenvalue weighted by atomic mass is 10.0. The molecule has 0 atom stereocenters. The maximum atomic E-state index is 12.5. The Bertz CT molecular complexity index is 800. The van der Waals surface area contributed by atoms with Gasteiger partial charge in [0.2, 0.25) is 0 Å². The van der Waals surface area contributed by atoms with E-state index in [4.69, 9.17) is 4.42 Å². The normalized spacial score (nSPS) is 10.8. The highest BCUT2D eigenvalue weighted by molar-refractivity contribution is 6.17. The van der Waals surface area contributed by atoms with Crippen LogP contribution in [0.1, 0.15) is 21.7 Å². The zero-order valence-electron chi connectivity index (χ0n) is 10.8. The number of carbonyl (C=O) groups is 1. The van der Waals surface area contributed by atoms with E-state index < -0.39 is 0 Å². The first-order chi connectivity index (χ1) is 9.58. The second-order valence-electron chi connectivity index (χ2n) is 4.57. The third kappa shape index (κ3) is 1.82. The number of furan rings is 1. The molecule has 3 aromatic rings. The van der Waals surface area contributed by atoms with Crippen LogP contribution in [0.15, 0.2) is 46.9 Å². The van der Waals surface area contributed by atoms with Crippen molar-refractivity contribution in [1.29, 1.82) is 0 Å². The van der Waals surface area contributed by atoms with Crippen molar-refractivity contribution >= 4 is 16.8 Å². The van der Waals surface area contributed by atoms with Gasteiger partial charge in [-0.05, 0) is 13.0 Å². The first-order valence-corrected chi connectivity index (χ1v) is 6.12. The van der Waals surface area contributed by atoms with Crippen LogP contribution in [0.5, 0.6) is 11.5 Å². The van der Waals surface area contributed by atoms with E-state index in [1.165, 1.54) is 12.1 Å². The first kappa shape index (κ1) is 12.3. The molecule has 4 heteroatoms. The molecule has 1 aromatic heterocycles. The summed E-state index contributed by atoms with van der Waals surface area (Å²) in [4.78, 5) is 12.5. The van der Waals surface area contributed by atoms with Crippen molar-refractivity contribution in [2.75, 3.05) is 0 Å². The fourth-order valence-corrected chi connectivity index (χ4v) is 2.26. The van der Waals surface area contributed by atoms with Gasteiger partial charge in [-0.15, -0.1) is 0 Å². The summed E-state index contributed by atoms with van der Waals surface area (Å²) in [6.07, 6.45) is 0. The number of hydrogen-bond acceptors (Lipinski definition) is 4.